The minimum absolute atomic E-state index is 0.375. The quantitative estimate of drug-likeness (QED) is 0.747. The van der Waals surface area contributed by atoms with Gasteiger partial charge >= 0.3 is 0 Å². The number of fused-ring (bicyclic) bond motifs is 3. The van der Waals surface area contributed by atoms with Crippen LogP contribution in [0.2, 0.25) is 5.02 Å². The average Bonchev–Trinajstić information content (AvgIpc) is 2.65. The van der Waals surface area contributed by atoms with E-state index in [0.29, 0.717) is 5.92 Å². The molecular formula is C11H9BrClN3. The number of hydrogen-bond donors (Lipinski definition) is 0. The number of nitrogens with zero attached hydrogens (tertiary/aromatic N) is 3. The molecule has 1 aliphatic heterocycles. The lowest BCUT2D eigenvalue weighted by molar-refractivity contribution is 0.647. The maximum Gasteiger partial charge on any atom is 0.140 e. The molecule has 16 heavy (non-hydrogen) atoms. The summed E-state index contributed by atoms with van der Waals surface area (Å²) < 4.78 is 3.00. The Labute approximate surface area is 107 Å². The van der Waals surface area contributed by atoms with E-state index in [9.17, 15) is 0 Å². The number of benzene rings is 1. The van der Waals surface area contributed by atoms with E-state index in [4.69, 9.17) is 11.6 Å². The van der Waals surface area contributed by atoms with E-state index in [-0.39, 0.29) is 0 Å². The molecule has 1 aliphatic rings. The highest BCUT2D eigenvalue weighted by Gasteiger charge is 2.25. The van der Waals surface area contributed by atoms with Crippen LogP contribution < -0.4 is 0 Å². The lowest BCUT2D eigenvalue weighted by atomic mass is 9.95. The van der Waals surface area contributed by atoms with Gasteiger partial charge in [-0.3, -0.25) is 4.57 Å². The van der Waals surface area contributed by atoms with Crippen LogP contribution in [0, 0.1) is 0 Å². The Bertz CT molecular complexity index is 564. The van der Waals surface area contributed by atoms with Crippen LogP contribution in [0.3, 0.4) is 0 Å². The van der Waals surface area contributed by atoms with Gasteiger partial charge in [0.1, 0.15) is 12.2 Å². The van der Waals surface area contributed by atoms with Crippen molar-refractivity contribution in [2.24, 2.45) is 0 Å². The Morgan fingerprint density at radius 1 is 1.50 bits per heavy atom. The molecule has 0 aliphatic carbocycles. The third-order valence-corrected chi connectivity index (χ3v) is 3.63. The van der Waals surface area contributed by atoms with Crippen LogP contribution in [0.5, 0.6) is 0 Å². The SMILES string of the molecule is CC1Cc2cc(Br)cc(Cl)c2-n2cnnc21. The summed E-state index contributed by atoms with van der Waals surface area (Å²) in [7, 11) is 0. The second-order valence-electron chi connectivity index (χ2n) is 4.06. The Balaban J connectivity index is 2.32. The molecule has 0 saturated carbocycles. The number of aromatic nitrogens is 3. The number of halogens is 2. The molecule has 0 spiro atoms. The molecule has 1 aromatic heterocycles. The first-order valence-corrected chi connectivity index (χ1v) is 6.22. The molecule has 2 aromatic rings. The second-order valence-corrected chi connectivity index (χ2v) is 5.38. The molecule has 3 nitrogen and oxygen atoms in total. The third-order valence-electron chi connectivity index (χ3n) is 2.89. The number of hydrogen-bond acceptors (Lipinski definition) is 2. The second kappa shape index (κ2) is 3.57. The fourth-order valence-electron chi connectivity index (χ4n) is 2.22. The Morgan fingerprint density at radius 2 is 2.31 bits per heavy atom. The van der Waals surface area contributed by atoms with E-state index in [1.807, 2.05) is 10.6 Å². The minimum atomic E-state index is 0.375. The highest BCUT2D eigenvalue weighted by Crippen LogP contribution is 2.36. The van der Waals surface area contributed by atoms with Crippen LogP contribution >= 0.6 is 27.5 Å². The molecule has 0 saturated heterocycles. The van der Waals surface area contributed by atoms with Crippen LogP contribution in [0.15, 0.2) is 22.9 Å². The van der Waals surface area contributed by atoms with Crippen molar-refractivity contribution in [3.8, 4) is 5.69 Å². The average molecular weight is 299 g/mol. The Morgan fingerprint density at radius 3 is 3.12 bits per heavy atom. The standard InChI is InChI=1S/C11H9BrClN3/c1-6-2-7-3-8(12)4-9(13)10(7)16-5-14-15-11(6)16/h3-6H,2H2,1H3. The van der Waals surface area contributed by atoms with Gasteiger partial charge < -0.3 is 0 Å². The van der Waals surface area contributed by atoms with Gasteiger partial charge in [0.15, 0.2) is 0 Å². The summed E-state index contributed by atoms with van der Waals surface area (Å²) in [6.07, 6.45) is 2.68. The first-order valence-electron chi connectivity index (χ1n) is 5.05. The van der Waals surface area contributed by atoms with Crippen molar-refractivity contribution in [1.29, 1.82) is 0 Å². The van der Waals surface area contributed by atoms with Crippen molar-refractivity contribution in [1.82, 2.24) is 14.8 Å². The Kier molecular flexibility index (Phi) is 2.30. The molecule has 0 amide bonds. The van der Waals surface area contributed by atoms with Gasteiger partial charge in [-0.05, 0) is 24.1 Å². The van der Waals surface area contributed by atoms with Crippen LogP contribution in [0.25, 0.3) is 5.69 Å². The van der Waals surface area contributed by atoms with Crippen molar-refractivity contribution < 1.29 is 0 Å². The maximum absolute atomic E-state index is 6.27. The van der Waals surface area contributed by atoms with E-state index >= 15 is 0 Å². The van der Waals surface area contributed by atoms with E-state index in [2.05, 4.69) is 39.1 Å². The molecule has 2 heterocycles. The van der Waals surface area contributed by atoms with E-state index in [1.54, 1.807) is 6.33 Å². The highest BCUT2D eigenvalue weighted by molar-refractivity contribution is 9.10. The highest BCUT2D eigenvalue weighted by atomic mass is 79.9. The van der Waals surface area contributed by atoms with E-state index in [0.717, 1.165) is 27.4 Å². The fraction of sp³-hybridized carbons (Fsp3) is 0.273. The molecule has 3 rings (SSSR count). The summed E-state index contributed by atoms with van der Waals surface area (Å²) in [5.74, 6) is 1.36. The zero-order chi connectivity index (χ0) is 11.3. The van der Waals surface area contributed by atoms with Gasteiger partial charge in [0.25, 0.3) is 0 Å². The molecule has 1 aromatic carbocycles. The lowest BCUT2D eigenvalue weighted by Gasteiger charge is -2.23. The smallest absolute Gasteiger partial charge is 0.140 e. The van der Waals surface area contributed by atoms with Crippen LogP contribution in [-0.2, 0) is 6.42 Å². The predicted octanol–water partition coefficient (Wildman–Crippen LogP) is 3.34. The zero-order valence-corrected chi connectivity index (χ0v) is 11.0. The molecule has 0 N–H and O–H groups in total. The summed E-state index contributed by atoms with van der Waals surface area (Å²) in [6.45, 7) is 2.15. The molecular weight excluding hydrogens is 289 g/mol. The van der Waals surface area contributed by atoms with Crippen molar-refractivity contribution in [3.05, 3.63) is 39.3 Å². The van der Waals surface area contributed by atoms with Gasteiger partial charge in [0.2, 0.25) is 0 Å². The van der Waals surface area contributed by atoms with Crippen molar-refractivity contribution >= 4 is 27.5 Å². The molecule has 0 radical (unpaired) electrons. The monoisotopic (exact) mass is 297 g/mol. The van der Waals surface area contributed by atoms with Crippen LogP contribution in [0.1, 0.15) is 24.2 Å². The molecule has 1 unspecified atom stereocenters. The van der Waals surface area contributed by atoms with E-state index < -0.39 is 0 Å². The van der Waals surface area contributed by atoms with Crippen LogP contribution in [0.4, 0.5) is 0 Å². The van der Waals surface area contributed by atoms with Gasteiger partial charge in [-0.2, -0.15) is 0 Å². The molecule has 5 heteroatoms. The largest absolute Gasteiger partial charge is 0.284 e. The van der Waals surface area contributed by atoms with Crippen molar-refractivity contribution in [3.63, 3.8) is 0 Å². The lowest BCUT2D eigenvalue weighted by Crippen LogP contribution is -2.16. The fourth-order valence-corrected chi connectivity index (χ4v) is 3.19. The van der Waals surface area contributed by atoms with Gasteiger partial charge in [0, 0.05) is 10.4 Å². The van der Waals surface area contributed by atoms with E-state index in [1.165, 1.54) is 5.56 Å². The first-order chi connectivity index (χ1) is 7.66. The Hall–Kier alpha value is -0.870. The molecule has 82 valence electrons. The predicted molar refractivity (Wildman–Crippen MR) is 66.2 cm³/mol. The summed E-state index contributed by atoms with van der Waals surface area (Å²) in [5, 5.41) is 8.84. The van der Waals surface area contributed by atoms with Gasteiger partial charge in [-0.15, -0.1) is 10.2 Å². The summed E-state index contributed by atoms with van der Waals surface area (Å²) >= 11 is 9.74. The summed E-state index contributed by atoms with van der Waals surface area (Å²) in [4.78, 5) is 0. The first kappa shape index (κ1) is 10.3. The summed E-state index contributed by atoms with van der Waals surface area (Å²) in [6, 6.07) is 4.01. The topological polar surface area (TPSA) is 30.7 Å². The van der Waals surface area contributed by atoms with Gasteiger partial charge in [0.05, 0.1) is 10.7 Å². The number of rotatable bonds is 0. The molecule has 1 atom stereocenters. The van der Waals surface area contributed by atoms with Crippen LogP contribution in [-0.4, -0.2) is 14.8 Å². The zero-order valence-electron chi connectivity index (χ0n) is 8.61. The van der Waals surface area contributed by atoms with Crippen molar-refractivity contribution in [2.75, 3.05) is 0 Å². The van der Waals surface area contributed by atoms with Gasteiger partial charge in [-0.1, -0.05) is 34.5 Å². The summed E-state index contributed by atoms with van der Waals surface area (Å²) in [5.41, 5.74) is 2.25. The maximum atomic E-state index is 6.27. The third kappa shape index (κ3) is 1.40. The van der Waals surface area contributed by atoms with Crippen molar-refractivity contribution in [2.45, 2.75) is 19.3 Å². The normalized spacial score (nSPS) is 18.1. The minimum Gasteiger partial charge on any atom is -0.284 e. The molecule has 0 fully saturated rings. The molecule has 0 bridgehead atoms. The van der Waals surface area contributed by atoms with Gasteiger partial charge in [-0.25, -0.2) is 0 Å².